The van der Waals surface area contributed by atoms with Gasteiger partial charge in [-0.15, -0.1) is 10.2 Å². The molecule has 0 aliphatic carbocycles. The Labute approximate surface area is 192 Å². The summed E-state index contributed by atoms with van der Waals surface area (Å²) in [6.45, 7) is 5.94. The maximum absolute atomic E-state index is 14.6. The normalized spacial score (nSPS) is 20.0. The topological polar surface area (TPSA) is 111 Å². The van der Waals surface area contributed by atoms with Gasteiger partial charge >= 0.3 is 6.09 Å². The number of rotatable bonds is 5. The van der Waals surface area contributed by atoms with Crippen LogP contribution in [-0.2, 0) is 14.6 Å². The van der Waals surface area contributed by atoms with Crippen molar-refractivity contribution in [2.45, 2.75) is 56.1 Å². The lowest BCUT2D eigenvalue weighted by Crippen LogP contribution is -2.39. The number of carbonyl (C=O) groups is 1. The predicted molar refractivity (Wildman–Crippen MR) is 118 cm³/mol. The molecule has 1 aromatic carbocycles. The summed E-state index contributed by atoms with van der Waals surface area (Å²) in [4.78, 5) is 17.2. The Morgan fingerprint density at radius 2 is 1.91 bits per heavy atom. The van der Waals surface area contributed by atoms with E-state index in [4.69, 9.17) is 4.74 Å². The van der Waals surface area contributed by atoms with Gasteiger partial charge in [0.25, 0.3) is 0 Å². The molecule has 0 spiro atoms. The molecule has 2 aliphatic heterocycles. The molecule has 0 N–H and O–H groups in total. The molecule has 4 rings (SSSR count). The van der Waals surface area contributed by atoms with Gasteiger partial charge in [-0.3, -0.25) is 0 Å². The first-order chi connectivity index (χ1) is 15.6. The molecule has 0 bridgehead atoms. The highest BCUT2D eigenvalue weighted by Gasteiger charge is 2.31. The minimum Gasteiger partial charge on any atom is -0.447 e. The van der Waals surface area contributed by atoms with Crippen LogP contribution in [0.1, 0.15) is 50.9 Å². The Morgan fingerprint density at radius 1 is 1.18 bits per heavy atom. The van der Waals surface area contributed by atoms with Crippen molar-refractivity contribution in [3.63, 3.8) is 0 Å². The number of amides is 1. The molecule has 1 amide bonds. The van der Waals surface area contributed by atoms with E-state index in [0.717, 1.165) is 31.6 Å². The number of carbonyl (C=O) groups excluding carboxylic acids is 1. The van der Waals surface area contributed by atoms with E-state index in [0.29, 0.717) is 37.7 Å². The van der Waals surface area contributed by atoms with E-state index < -0.39 is 15.7 Å². The Bertz CT molecular complexity index is 1110. The number of nitrogens with zero attached hydrogens (tertiary/aromatic N) is 6. The van der Waals surface area contributed by atoms with Gasteiger partial charge in [0.1, 0.15) is 5.82 Å². The van der Waals surface area contributed by atoms with Crippen LogP contribution in [0.15, 0.2) is 23.1 Å². The number of tetrazole rings is 1. The first-order valence-corrected chi connectivity index (χ1v) is 13.0. The maximum atomic E-state index is 14.6. The Hall–Kier alpha value is -2.76. The first kappa shape index (κ1) is 23.4. The molecule has 180 valence electrons. The van der Waals surface area contributed by atoms with Gasteiger partial charge in [0.05, 0.1) is 22.7 Å². The molecule has 2 fully saturated rings. The van der Waals surface area contributed by atoms with Gasteiger partial charge in [-0.05, 0) is 56.5 Å². The lowest BCUT2D eigenvalue weighted by molar-refractivity contribution is 0.0688. The van der Waals surface area contributed by atoms with Crippen LogP contribution < -0.4 is 4.90 Å². The molecule has 1 atom stereocenters. The van der Waals surface area contributed by atoms with Crippen molar-refractivity contribution in [2.75, 3.05) is 37.3 Å². The zero-order valence-corrected chi connectivity index (χ0v) is 19.8. The van der Waals surface area contributed by atoms with Crippen LogP contribution in [0.3, 0.4) is 0 Å². The molecule has 10 nitrogen and oxygen atoms in total. The highest BCUT2D eigenvalue weighted by Crippen LogP contribution is 2.31. The summed E-state index contributed by atoms with van der Waals surface area (Å²) >= 11 is 0. The third-order valence-electron chi connectivity index (χ3n) is 6.08. The van der Waals surface area contributed by atoms with E-state index in [1.54, 1.807) is 9.70 Å². The third-order valence-corrected chi connectivity index (χ3v) is 7.19. The number of halogens is 1. The number of aromatic nitrogens is 4. The summed E-state index contributed by atoms with van der Waals surface area (Å²) in [5, 5.41) is 13.1. The molecule has 33 heavy (non-hydrogen) atoms. The number of ether oxygens (including phenoxy) is 1. The molecule has 12 heteroatoms. The summed E-state index contributed by atoms with van der Waals surface area (Å²) < 4.78 is 43.1. The maximum Gasteiger partial charge on any atom is 0.410 e. The van der Waals surface area contributed by atoms with Crippen molar-refractivity contribution < 1.29 is 22.3 Å². The van der Waals surface area contributed by atoms with E-state index in [2.05, 4.69) is 15.4 Å². The second kappa shape index (κ2) is 9.24. The molecule has 2 aliphatic rings. The SMILES string of the molecule is CC(C)OC(=O)N1CCC(c2nnn(C3CCN(c4ccc(S(C)(=O)=O)cc4F)C3)n2)CC1. The quantitative estimate of drug-likeness (QED) is 0.642. The predicted octanol–water partition coefficient (Wildman–Crippen LogP) is 2.39. The van der Waals surface area contributed by atoms with Gasteiger partial charge in [-0.2, -0.15) is 4.80 Å². The Balaban J connectivity index is 1.36. The molecule has 1 aromatic heterocycles. The summed E-state index contributed by atoms with van der Waals surface area (Å²) in [6.07, 6.45) is 2.84. The largest absolute Gasteiger partial charge is 0.447 e. The minimum absolute atomic E-state index is 0.0365. The average Bonchev–Trinajstić information content (AvgIpc) is 3.42. The van der Waals surface area contributed by atoms with Crippen molar-refractivity contribution >= 4 is 21.6 Å². The number of sulfone groups is 1. The van der Waals surface area contributed by atoms with Crippen molar-refractivity contribution in [3.05, 3.63) is 29.8 Å². The van der Waals surface area contributed by atoms with Crippen molar-refractivity contribution in [3.8, 4) is 0 Å². The van der Waals surface area contributed by atoms with Gasteiger partial charge in [0.15, 0.2) is 15.7 Å². The smallest absolute Gasteiger partial charge is 0.410 e. The van der Waals surface area contributed by atoms with Gasteiger partial charge < -0.3 is 14.5 Å². The van der Waals surface area contributed by atoms with E-state index in [9.17, 15) is 17.6 Å². The fourth-order valence-corrected chi connectivity index (χ4v) is 4.91. The van der Waals surface area contributed by atoms with E-state index in [1.807, 2.05) is 18.7 Å². The van der Waals surface area contributed by atoms with E-state index in [-0.39, 0.29) is 29.1 Å². The van der Waals surface area contributed by atoms with Crippen LogP contribution in [0, 0.1) is 5.82 Å². The fourth-order valence-electron chi connectivity index (χ4n) is 4.27. The minimum atomic E-state index is -3.46. The van der Waals surface area contributed by atoms with E-state index >= 15 is 0 Å². The zero-order chi connectivity index (χ0) is 23.8. The third kappa shape index (κ3) is 5.26. The second-order valence-corrected chi connectivity index (χ2v) is 11.0. The number of hydrogen-bond acceptors (Lipinski definition) is 8. The van der Waals surface area contributed by atoms with Gasteiger partial charge in [-0.25, -0.2) is 17.6 Å². The molecular weight excluding hydrogens is 451 g/mol. The van der Waals surface area contributed by atoms with Crippen molar-refractivity contribution in [1.29, 1.82) is 0 Å². The van der Waals surface area contributed by atoms with Crippen molar-refractivity contribution in [2.24, 2.45) is 0 Å². The second-order valence-electron chi connectivity index (χ2n) is 8.94. The molecule has 1 unspecified atom stereocenters. The van der Waals surface area contributed by atoms with Crippen LogP contribution in [0.4, 0.5) is 14.9 Å². The molecule has 2 aromatic rings. The molecule has 0 radical (unpaired) electrons. The fraction of sp³-hybridized carbons (Fsp3) is 0.619. The summed E-state index contributed by atoms with van der Waals surface area (Å²) in [6, 6.07) is 3.94. The number of likely N-dealkylation sites (tertiary alicyclic amines) is 1. The first-order valence-electron chi connectivity index (χ1n) is 11.1. The molecule has 2 saturated heterocycles. The zero-order valence-electron chi connectivity index (χ0n) is 19.0. The Kier molecular flexibility index (Phi) is 6.55. The van der Waals surface area contributed by atoms with Crippen LogP contribution in [0.25, 0.3) is 0 Å². The lowest BCUT2D eigenvalue weighted by Gasteiger charge is -2.30. The van der Waals surface area contributed by atoms with Crippen molar-refractivity contribution in [1.82, 2.24) is 25.1 Å². The number of piperidine rings is 1. The number of benzene rings is 1. The van der Waals surface area contributed by atoms with Crippen LogP contribution in [0.2, 0.25) is 0 Å². The van der Waals surface area contributed by atoms with E-state index in [1.165, 1.54) is 12.1 Å². The number of anilines is 1. The van der Waals surface area contributed by atoms with Gasteiger partial charge in [-0.1, -0.05) is 0 Å². The highest BCUT2D eigenvalue weighted by molar-refractivity contribution is 7.90. The summed E-state index contributed by atoms with van der Waals surface area (Å²) in [5.41, 5.74) is 0.367. The molecule has 0 saturated carbocycles. The lowest BCUT2D eigenvalue weighted by atomic mass is 9.96. The van der Waals surface area contributed by atoms with Gasteiger partial charge in [0, 0.05) is 38.4 Å². The Morgan fingerprint density at radius 3 is 2.55 bits per heavy atom. The summed E-state index contributed by atoms with van der Waals surface area (Å²) in [5.74, 6) is 0.225. The summed E-state index contributed by atoms with van der Waals surface area (Å²) in [7, 11) is -3.46. The average molecular weight is 481 g/mol. The van der Waals surface area contributed by atoms with Crippen LogP contribution >= 0.6 is 0 Å². The van der Waals surface area contributed by atoms with Crippen LogP contribution in [-0.4, -0.2) is 78.2 Å². The number of hydrogen-bond donors (Lipinski definition) is 0. The standard InChI is InChI=1S/C21H29FN6O4S/c1-14(2)32-21(29)26-9-6-15(7-10-26)20-23-25-28(24-20)16-8-11-27(13-16)19-5-4-17(12-18(19)22)33(3,30)31/h4-5,12,14-16H,6-11,13H2,1-3H3. The molecular formula is C21H29FN6O4S. The van der Waals surface area contributed by atoms with Crippen LogP contribution in [0.5, 0.6) is 0 Å². The molecule has 3 heterocycles. The van der Waals surface area contributed by atoms with Gasteiger partial charge in [0.2, 0.25) is 0 Å². The monoisotopic (exact) mass is 480 g/mol. The highest BCUT2D eigenvalue weighted by atomic mass is 32.2.